The minimum absolute atomic E-state index is 0.643. The highest BCUT2D eigenvalue weighted by Crippen LogP contribution is 2.26. The van der Waals surface area contributed by atoms with Crippen LogP contribution in [0.25, 0.3) is 5.69 Å². The van der Waals surface area contributed by atoms with E-state index in [-0.39, 0.29) is 0 Å². The molecule has 0 saturated heterocycles. The molecule has 8 heteroatoms. The van der Waals surface area contributed by atoms with Gasteiger partial charge in [0, 0.05) is 23.1 Å². The van der Waals surface area contributed by atoms with E-state index in [0.29, 0.717) is 10.8 Å². The zero-order valence-electron chi connectivity index (χ0n) is 12.4. The molecule has 3 rings (SSSR count). The third kappa shape index (κ3) is 4.04. The van der Waals surface area contributed by atoms with Crippen LogP contribution in [0.5, 0.6) is 0 Å². The van der Waals surface area contributed by atoms with E-state index in [1.165, 1.54) is 11.8 Å². The van der Waals surface area contributed by atoms with Crippen LogP contribution in [0.3, 0.4) is 0 Å². The van der Waals surface area contributed by atoms with Gasteiger partial charge in [0.05, 0.1) is 5.75 Å². The summed E-state index contributed by atoms with van der Waals surface area (Å²) in [6.07, 6.45) is 3.47. The lowest BCUT2D eigenvalue weighted by molar-refractivity contribution is 0.863. The van der Waals surface area contributed by atoms with E-state index in [0.717, 1.165) is 27.6 Å². The summed E-state index contributed by atoms with van der Waals surface area (Å²) in [5.41, 5.74) is 1.000. The first kappa shape index (κ1) is 16.3. The summed E-state index contributed by atoms with van der Waals surface area (Å²) in [5, 5.41) is 10.9. The van der Waals surface area contributed by atoms with Crippen molar-refractivity contribution in [3.63, 3.8) is 0 Å². The molecule has 118 valence electrons. The predicted molar refractivity (Wildman–Crippen MR) is 94.4 cm³/mol. The molecule has 0 unspecified atom stereocenters. The third-order valence-electron chi connectivity index (χ3n) is 2.93. The van der Waals surface area contributed by atoms with Crippen LogP contribution in [0.4, 0.5) is 0 Å². The molecule has 0 N–H and O–H groups in total. The maximum atomic E-state index is 5.99. The van der Waals surface area contributed by atoms with Gasteiger partial charge in [-0.3, -0.25) is 4.57 Å². The predicted octanol–water partition coefficient (Wildman–Crippen LogP) is 4.12. The molecule has 23 heavy (non-hydrogen) atoms. The van der Waals surface area contributed by atoms with Crippen molar-refractivity contribution in [3.05, 3.63) is 53.6 Å². The molecule has 1 aromatic carbocycles. The maximum absolute atomic E-state index is 5.99. The molecule has 2 aromatic heterocycles. The van der Waals surface area contributed by atoms with Crippen molar-refractivity contribution in [1.29, 1.82) is 0 Å². The summed E-state index contributed by atoms with van der Waals surface area (Å²) >= 11 is 9.18. The van der Waals surface area contributed by atoms with E-state index in [2.05, 4.69) is 31.7 Å². The Labute approximate surface area is 147 Å². The van der Waals surface area contributed by atoms with Gasteiger partial charge in [0.15, 0.2) is 10.3 Å². The fraction of sp³-hybridized carbons (Fsp3) is 0.200. The Balaban J connectivity index is 1.89. The Bertz CT molecular complexity index is 761. The Morgan fingerprint density at radius 2 is 1.78 bits per heavy atom. The van der Waals surface area contributed by atoms with Gasteiger partial charge < -0.3 is 0 Å². The van der Waals surface area contributed by atoms with E-state index in [9.17, 15) is 0 Å². The van der Waals surface area contributed by atoms with Gasteiger partial charge in [-0.25, -0.2) is 9.97 Å². The van der Waals surface area contributed by atoms with Gasteiger partial charge in [-0.05, 0) is 36.1 Å². The molecule has 0 bridgehead atoms. The van der Waals surface area contributed by atoms with Crippen LogP contribution < -0.4 is 0 Å². The Hall–Kier alpha value is -1.57. The molecule has 0 atom stereocenters. The van der Waals surface area contributed by atoms with Crippen LogP contribution in [0.2, 0.25) is 5.02 Å². The molecule has 0 aliphatic carbocycles. The van der Waals surface area contributed by atoms with Gasteiger partial charge in [0.2, 0.25) is 0 Å². The quantitative estimate of drug-likeness (QED) is 0.485. The molecular formula is C15H14ClN5S2. The van der Waals surface area contributed by atoms with Crippen LogP contribution in [-0.4, -0.2) is 30.5 Å². The van der Waals surface area contributed by atoms with Gasteiger partial charge in [0.25, 0.3) is 0 Å². The van der Waals surface area contributed by atoms with E-state index in [1.807, 2.05) is 24.3 Å². The smallest absolute Gasteiger partial charge is 0.195 e. The van der Waals surface area contributed by atoms with E-state index in [4.69, 9.17) is 11.6 Å². The topological polar surface area (TPSA) is 56.5 Å². The lowest BCUT2D eigenvalue weighted by atomic mass is 10.3. The van der Waals surface area contributed by atoms with Crippen LogP contribution in [-0.2, 0) is 5.75 Å². The summed E-state index contributed by atoms with van der Waals surface area (Å²) in [7, 11) is 0. The number of rotatable bonds is 6. The van der Waals surface area contributed by atoms with Crippen LogP contribution in [0.1, 0.15) is 12.7 Å². The molecule has 0 amide bonds. The highest BCUT2D eigenvalue weighted by atomic mass is 35.5. The standard InChI is InChI=1S/C15H14ClN5S2/c1-2-22-15-20-19-13(10-23-14-17-8-3-9-18-14)21(15)12-6-4-11(16)5-7-12/h3-9H,2,10H2,1H3. The number of benzene rings is 1. The second-order valence-corrected chi connectivity index (χ2v) is 7.07. The monoisotopic (exact) mass is 363 g/mol. The maximum Gasteiger partial charge on any atom is 0.195 e. The minimum Gasteiger partial charge on any atom is -0.273 e. The molecule has 3 aromatic rings. The summed E-state index contributed by atoms with van der Waals surface area (Å²) in [6, 6.07) is 9.48. The molecule has 5 nitrogen and oxygen atoms in total. The van der Waals surface area contributed by atoms with Crippen LogP contribution in [0.15, 0.2) is 53.0 Å². The fourth-order valence-corrected chi connectivity index (χ4v) is 3.49. The van der Waals surface area contributed by atoms with Crippen molar-refractivity contribution in [1.82, 2.24) is 24.7 Å². The highest BCUT2D eigenvalue weighted by molar-refractivity contribution is 7.99. The normalized spacial score (nSPS) is 10.9. The zero-order chi connectivity index (χ0) is 16.1. The number of nitrogens with zero attached hydrogens (tertiary/aromatic N) is 5. The lowest BCUT2D eigenvalue weighted by Crippen LogP contribution is -2.02. The highest BCUT2D eigenvalue weighted by Gasteiger charge is 2.14. The average molecular weight is 364 g/mol. The van der Waals surface area contributed by atoms with Gasteiger partial charge in [-0.2, -0.15) is 0 Å². The molecule has 0 aliphatic heterocycles. The number of halogens is 1. The molecular weight excluding hydrogens is 350 g/mol. The molecule has 0 saturated carbocycles. The van der Waals surface area contributed by atoms with Crippen molar-refractivity contribution in [3.8, 4) is 5.69 Å². The molecule has 0 radical (unpaired) electrons. The molecule has 0 spiro atoms. The van der Waals surface area contributed by atoms with Gasteiger partial charge >= 0.3 is 0 Å². The van der Waals surface area contributed by atoms with Crippen molar-refractivity contribution >= 4 is 35.1 Å². The Kier molecular flexibility index (Phi) is 5.53. The van der Waals surface area contributed by atoms with Crippen LogP contribution in [0, 0.1) is 0 Å². The first-order chi connectivity index (χ1) is 11.3. The number of thioether (sulfide) groups is 2. The van der Waals surface area contributed by atoms with Gasteiger partial charge in [-0.1, -0.05) is 42.0 Å². The average Bonchev–Trinajstić information content (AvgIpc) is 2.98. The van der Waals surface area contributed by atoms with Gasteiger partial charge in [0.1, 0.15) is 5.82 Å². The SMILES string of the molecule is CCSc1nnc(CSc2ncccn2)n1-c1ccc(Cl)cc1. The summed E-state index contributed by atoms with van der Waals surface area (Å²) < 4.78 is 2.06. The van der Waals surface area contributed by atoms with Crippen molar-refractivity contribution in [2.45, 2.75) is 23.0 Å². The van der Waals surface area contributed by atoms with Crippen molar-refractivity contribution in [2.24, 2.45) is 0 Å². The van der Waals surface area contributed by atoms with E-state index < -0.39 is 0 Å². The fourth-order valence-electron chi connectivity index (χ4n) is 1.95. The second kappa shape index (κ2) is 7.81. The first-order valence-corrected chi connectivity index (χ1v) is 9.35. The van der Waals surface area contributed by atoms with Crippen LogP contribution >= 0.6 is 35.1 Å². The minimum atomic E-state index is 0.643. The number of hydrogen-bond acceptors (Lipinski definition) is 6. The summed E-state index contributed by atoms with van der Waals surface area (Å²) in [4.78, 5) is 8.45. The number of hydrogen-bond donors (Lipinski definition) is 0. The van der Waals surface area contributed by atoms with Crippen molar-refractivity contribution < 1.29 is 0 Å². The molecule has 0 aliphatic rings. The van der Waals surface area contributed by atoms with Crippen molar-refractivity contribution in [2.75, 3.05) is 5.75 Å². The summed E-state index contributed by atoms with van der Waals surface area (Å²) in [6.45, 7) is 2.10. The second-order valence-electron chi connectivity index (χ2n) is 4.46. The summed E-state index contributed by atoms with van der Waals surface area (Å²) in [5.74, 6) is 2.44. The zero-order valence-corrected chi connectivity index (χ0v) is 14.8. The molecule has 2 heterocycles. The largest absolute Gasteiger partial charge is 0.273 e. The Morgan fingerprint density at radius 3 is 2.48 bits per heavy atom. The lowest BCUT2D eigenvalue weighted by Gasteiger charge is -2.09. The van der Waals surface area contributed by atoms with E-state index in [1.54, 1.807) is 30.2 Å². The van der Waals surface area contributed by atoms with Gasteiger partial charge in [-0.15, -0.1) is 10.2 Å². The van der Waals surface area contributed by atoms with E-state index >= 15 is 0 Å². The molecule has 0 fully saturated rings. The Morgan fingerprint density at radius 1 is 1.04 bits per heavy atom. The third-order valence-corrected chi connectivity index (χ3v) is 4.87. The number of aromatic nitrogens is 5. The first-order valence-electron chi connectivity index (χ1n) is 7.00.